The Morgan fingerprint density at radius 1 is 0.886 bits per heavy atom. The van der Waals surface area contributed by atoms with Gasteiger partial charge >= 0.3 is 0 Å². The Bertz CT molecular complexity index is 1910. The van der Waals surface area contributed by atoms with Gasteiger partial charge in [0, 0.05) is 53.1 Å². The number of fused-ring (bicyclic) bond motifs is 2. The number of carbonyl (C=O) groups excluding carboxylic acids is 2. The van der Waals surface area contributed by atoms with E-state index in [4.69, 9.17) is 4.98 Å². The number of rotatable bonds is 5. The number of benzene rings is 3. The van der Waals surface area contributed by atoms with Crippen molar-refractivity contribution in [2.45, 2.75) is 51.4 Å². The summed E-state index contributed by atoms with van der Waals surface area (Å²) in [6.45, 7) is 4.41. The van der Waals surface area contributed by atoms with Crippen molar-refractivity contribution >= 4 is 28.5 Å². The molecule has 0 radical (unpaired) electrons. The standard InChI is InChI=1S/C37H35N5O2/c1-23-29(6-5-7-33(23)42-19-16-28-20-27(24-8-9-24)14-15-30(28)37(42)44)34-31-21-32(40-35(31)39-22-38-34)25-10-12-26(13-11-25)36(43)41-17-3-2-4-18-41/h5-7,10-15,20-22,24H,2-4,8-9,16-19H2,1H3,(H,38,39,40). The van der Waals surface area contributed by atoms with Crippen molar-refractivity contribution in [2.24, 2.45) is 0 Å². The van der Waals surface area contributed by atoms with Crippen molar-refractivity contribution in [3.8, 4) is 22.5 Å². The molecule has 1 saturated heterocycles. The van der Waals surface area contributed by atoms with Crippen LogP contribution in [-0.4, -0.2) is 51.3 Å². The first kappa shape index (κ1) is 26.8. The SMILES string of the molecule is Cc1c(-c2ncnc3[nH]c(-c4ccc(C(=O)N5CCCCC5)cc4)cc23)cccc1N1CCc2cc(C3CC3)ccc2C1=O. The summed E-state index contributed by atoms with van der Waals surface area (Å²) < 4.78 is 0. The molecular formula is C37H35N5O2. The molecular weight excluding hydrogens is 546 g/mol. The minimum absolute atomic E-state index is 0.0628. The van der Waals surface area contributed by atoms with E-state index < -0.39 is 0 Å². The molecule has 5 aromatic rings. The smallest absolute Gasteiger partial charge is 0.258 e. The molecule has 7 nitrogen and oxygen atoms in total. The van der Waals surface area contributed by atoms with E-state index in [1.807, 2.05) is 52.3 Å². The van der Waals surface area contributed by atoms with Gasteiger partial charge in [0.05, 0.1) is 5.69 Å². The average Bonchev–Trinajstić information content (AvgIpc) is 3.83. The van der Waals surface area contributed by atoms with Gasteiger partial charge < -0.3 is 14.8 Å². The van der Waals surface area contributed by atoms with Gasteiger partial charge in [-0.25, -0.2) is 9.97 Å². The fourth-order valence-corrected chi connectivity index (χ4v) is 6.96. The Labute approximate surface area is 257 Å². The number of nitrogens with zero attached hydrogens (tertiary/aromatic N) is 4. The summed E-state index contributed by atoms with van der Waals surface area (Å²) in [5.74, 6) is 0.849. The average molecular weight is 582 g/mol. The van der Waals surface area contributed by atoms with Gasteiger partial charge in [-0.05, 0) is 104 Å². The largest absolute Gasteiger partial charge is 0.339 e. The van der Waals surface area contributed by atoms with Crippen LogP contribution in [0.1, 0.15) is 75.4 Å². The Morgan fingerprint density at radius 2 is 1.70 bits per heavy atom. The maximum absolute atomic E-state index is 13.7. The first-order valence-electron chi connectivity index (χ1n) is 15.8. The molecule has 0 spiro atoms. The number of carbonyl (C=O) groups is 2. The summed E-state index contributed by atoms with van der Waals surface area (Å²) in [5, 5.41) is 0.916. The number of hydrogen-bond acceptors (Lipinski definition) is 4. The second kappa shape index (κ2) is 10.7. The summed E-state index contributed by atoms with van der Waals surface area (Å²) in [6.07, 6.45) is 8.31. The fourth-order valence-electron chi connectivity index (χ4n) is 6.96. The van der Waals surface area contributed by atoms with E-state index in [0.717, 1.165) is 88.3 Å². The van der Waals surface area contributed by atoms with Crippen LogP contribution < -0.4 is 4.90 Å². The molecule has 1 N–H and O–H groups in total. The monoisotopic (exact) mass is 581 g/mol. The van der Waals surface area contributed by atoms with Crippen molar-refractivity contribution < 1.29 is 9.59 Å². The fraction of sp³-hybridized carbons (Fsp3) is 0.297. The van der Waals surface area contributed by atoms with Crippen molar-refractivity contribution in [2.75, 3.05) is 24.5 Å². The summed E-state index contributed by atoms with van der Waals surface area (Å²) >= 11 is 0. The molecule has 2 amide bonds. The third-order valence-corrected chi connectivity index (χ3v) is 9.62. The quantitative estimate of drug-likeness (QED) is 0.236. The van der Waals surface area contributed by atoms with Gasteiger partial charge in [0.2, 0.25) is 0 Å². The van der Waals surface area contributed by atoms with Crippen LogP contribution in [0.25, 0.3) is 33.5 Å². The number of aromatic nitrogens is 3. The van der Waals surface area contributed by atoms with Gasteiger partial charge in [0.25, 0.3) is 11.8 Å². The molecule has 0 atom stereocenters. The van der Waals surface area contributed by atoms with Crippen molar-refractivity contribution in [3.63, 3.8) is 0 Å². The highest BCUT2D eigenvalue weighted by atomic mass is 16.2. The summed E-state index contributed by atoms with van der Waals surface area (Å²) in [7, 11) is 0. The minimum atomic E-state index is 0.0628. The van der Waals surface area contributed by atoms with Crippen LogP contribution in [0, 0.1) is 6.92 Å². The Balaban J connectivity index is 1.09. The van der Waals surface area contributed by atoms with Crippen molar-refractivity contribution in [1.82, 2.24) is 19.9 Å². The van der Waals surface area contributed by atoms with Gasteiger partial charge in [0.1, 0.15) is 12.0 Å². The Hall–Kier alpha value is -4.78. The predicted molar refractivity (Wildman–Crippen MR) is 173 cm³/mol. The number of amides is 2. The zero-order valence-corrected chi connectivity index (χ0v) is 25.0. The molecule has 4 heterocycles. The van der Waals surface area contributed by atoms with E-state index in [-0.39, 0.29) is 11.8 Å². The van der Waals surface area contributed by atoms with E-state index in [1.54, 1.807) is 6.33 Å². The van der Waals surface area contributed by atoms with Gasteiger partial charge in [-0.3, -0.25) is 9.59 Å². The van der Waals surface area contributed by atoms with Crippen molar-refractivity contribution in [1.29, 1.82) is 0 Å². The van der Waals surface area contributed by atoms with Crippen LogP contribution in [0.4, 0.5) is 5.69 Å². The minimum Gasteiger partial charge on any atom is -0.339 e. The number of nitrogens with one attached hydrogen (secondary N) is 1. The summed E-state index contributed by atoms with van der Waals surface area (Å²) in [5.41, 5.74) is 10.5. The summed E-state index contributed by atoms with van der Waals surface area (Å²) in [4.78, 5) is 43.3. The molecule has 8 rings (SSSR count). The van der Waals surface area contributed by atoms with E-state index in [9.17, 15) is 9.59 Å². The van der Waals surface area contributed by atoms with Crippen LogP contribution in [0.3, 0.4) is 0 Å². The first-order valence-corrected chi connectivity index (χ1v) is 15.8. The molecule has 3 aromatic carbocycles. The molecule has 1 saturated carbocycles. The van der Waals surface area contributed by atoms with Crippen molar-refractivity contribution in [3.05, 3.63) is 101 Å². The van der Waals surface area contributed by atoms with Gasteiger partial charge in [0.15, 0.2) is 0 Å². The van der Waals surface area contributed by atoms with E-state index in [0.29, 0.717) is 12.5 Å². The van der Waals surface area contributed by atoms with Gasteiger partial charge in [-0.15, -0.1) is 0 Å². The number of hydrogen-bond donors (Lipinski definition) is 1. The third kappa shape index (κ3) is 4.67. The lowest BCUT2D eigenvalue weighted by Crippen LogP contribution is -2.38. The molecule has 2 aliphatic heterocycles. The normalized spacial score (nSPS) is 16.8. The van der Waals surface area contributed by atoms with Crippen LogP contribution in [-0.2, 0) is 6.42 Å². The maximum Gasteiger partial charge on any atom is 0.258 e. The Kier molecular flexibility index (Phi) is 6.54. The van der Waals surface area contributed by atoms with Gasteiger partial charge in [-0.1, -0.05) is 36.4 Å². The number of likely N-dealkylation sites (tertiary alicyclic amines) is 1. The van der Waals surface area contributed by atoms with Crippen LogP contribution in [0.5, 0.6) is 0 Å². The third-order valence-electron chi connectivity index (χ3n) is 9.62. The highest BCUT2D eigenvalue weighted by Crippen LogP contribution is 2.42. The Morgan fingerprint density at radius 3 is 2.50 bits per heavy atom. The number of piperidine rings is 1. The highest BCUT2D eigenvalue weighted by molar-refractivity contribution is 6.09. The summed E-state index contributed by atoms with van der Waals surface area (Å²) in [6, 6.07) is 22.4. The zero-order valence-electron chi connectivity index (χ0n) is 25.0. The predicted octanol–water partition coefficient (Wildman–Crippen LogP) is 7.31. The van der Waals surface area contributed by atoms with E-state index in [2.05, 4.69) is 41.2 Å². The van der Waals surface area contributed by atoms with Gasteiger partial charge in [-0.2, -0.15) is 0 Å². The number of aromatic amines is 1. The van der Waals surface area contributed by atoms with Crippen LogP contribution in [0.15, 0.2) is 73.1 Å². The molecule has 7 heteroatoms. The second-order valence-corrected chi connectivity index (χ2v) is 12.4. The van der Waals surface area contributed by atoms with E-state index in [1.165, 1.54) is 30.4 Å². The van der Waals surface area contributed by atoms with Crippen LogP contribution >= 0.6 is 0 Å². The first-order chi connectivity index (χ1) is 21.5. The molecule has 1 aliphatic carbocycles. The second-order valence-electron chi connectivity index (χ2n) is 12.4. The van der Waals surface area contributed by atoms with Crippen LogP contribution in [0.2, 0.25) is 0 Å². The lowest BCUT2D eigenvalue weighted by molar-refractivity contribution is 0.0724. The highest BCUT2D eigenvalue weighted by Gasteiger charge is 2.30. The molecule has 220 valence electrons. The number of anilines is 1. The lowest BCUT2D eigenvalue weighted by atomic mass is 9.93. The molecule has 2 aromatic heterocycles. The molecule has 3 aliphatic rings. The topological polar surface area (TPSA) is 82.2 Å². The molecule has 0 bridgehead atoms. The zero-order chi connectivity index (χ0) is 29.8. The maximum atomic E-state index is 13.7. The lowest BCUT2D eigenvalue weighted by Gasteiger charge is -2.30. The molecule has 2 fully saturated rings. The number of H-pyrrole nitrogens is 1. The van der Waals surface area contributed by atoms with E-state index >= 15 is 0 Å². The molecule has 44 heavy (non-hydrogen) atoms. The molecule has 0 unspecified atom stereocenters.